The number of ketones is 1. The number of hydrogen-bond donors (Lipinski definition) is 0. The first-order valence-corrected chi connectivity index (χ1v) is 7.78. The second-order valence-electron chi connectivity index (χ2n) is 4.91. The Morgan fingerprint density at radius 1 is 1.31 bits per heavy atom. The van der Waals surface area contributed by atoms with Gasteiger partial charge in [0.25, 0.3) is 0 Å². The van der Waals surface area contributed by atoms with Crippen LogP contribution in [0.25, 0.3) is 0 Å². The van der Waals surface area contributed by atoms with Crippen LogP contribution in [-0.4, -0.2) is 26.2 Å². The fourth-order valence-corrected chi connectivity index (χ4v) is 2.92. The summed E-state index contributed by atoms with van der Waals surface area (Å²) in [6, 6.07) is 3.60. The van der Waals surface area contributed by atoms with Crippen molar-refractivity contribution < 1.29 is 13.2 Å². The Hall–Kier alpha value is -0.680. The highest BCUT2D eigenvalue weighted by atomic mass is 32.2. The zero-order valence-corrected chi connectivity index (χ0v) is 11.5. The van der Waals surface area contributed by atoms with Crippen LogP contribution in [0.1, 0.15) is 35.3 Å². The van der Waals surface area contributed by atoms with E-state index in [4.69, 9.17) is 0 Å². The Morgan fingerprint density at radius 2 is 1.88 bits per heavy atom. The molecule has 0 aromatic carbocycles. The summed E-state index contributed by atoms with van der Waals surface area (Å²) in [5.41, 5.74) is -0.00567. The minimum atomic E-state index is -3.24. The molecule has 16 heavy (non-hydrogen) atoms. The van der Waals surface area contributed by atoms with Crippen LogP contribution in [0.3, 0.4) is 0 Å². The molecule has 90 valence electrons. The van der Waals surface area contributed by atoms with Crippen LogP contribution < -0.4 is 0 Å². The summed E-state index contributed by atoms with van der Waals surface area (Å²) in [6.45, 7) is 6.18. The summed E-state index contributed by atoms with van der Waals surface area (Å²) in [4.78, 5) is 13.2. The summed E-state index contributed by atoms with van der Waals surface area (Å²) < 4.78 is 22.0. The van der Waals surface area contributed by atoms with Gasteiger partial charge in [0.05, 0.1) is 4.88 Å². The topological polar surface area (TPSA) is 51.2 Å². The van der Waals surface area contributed by atoms with Crippen LogP contribution in [0.4, 0.5) is 0 Å². The highest BCUT2D eigenvalue weighted by Gasteiger charge is 2.20. The van der Waals surface area contributed by atoms with Gasteiger partial charge in [0, 0.05) is 11.1 Å². The number of sulfone groups is 1. The van der Waals surface area contributed by atoms with Gasteiger partial charge >= 0.3 is 0 Å². The first kappa shape index (κ1) is 13.4. The average molecular weight is 260 g/mol. The standard InChI is InChI=1S/C11H16O3S2/c1-11(2,3)10-6-5-9(15-10)8(12)7-16(4,13)14/h5-6H,7H2,1-4H3. The molecule has 0 saturated heterocycles. The van der Waals surface area contributed by atoms with Crippen molar-refractivity contribution in [2.45, 2.75) is 26.2 Å². The van der Waals surface area contributed by atoms with Gasteiger partial charge in [-0.25, -0.2) is 8.42 Å². The normalized spacial score (nSPS) is 12.8. The summed E-state index contributed by atoms with van der Waals surface area (Å²) in [5, 5.41) is 0. The SMILES string of the molecule is CC(C)(C)c1ccc(C(=O)CS(C)(=O)=O)s1. The highest BCUT2D eigenvalue weighted by molar-refractivity contribution is 7.91. The van der Waals surface area contributed by atoms with Crippen molar-refractivity contribution in [1.82, 2.24) is 0 Å². The van der Waals surface area contributed by atoms with Gasteiger partial charge in [-0.1, -0.05) is 20.8 Å². The van der Waals surface area contributed by atoms with E-state index < -0.39 is 15.6 Å². The number of hydrogen-bond acceptors (Lipinski definition) is 4. The van der Waals surface area contributed by atoms with Gasteiger partial charge in [0.2, 0.25) is 0 Å². The molecule has 0 radical (unpaired) electrons. The number of Topliss-reactive ketones (excluding diaryl/α,β-unsaturated/α-hetero) is 1. The van der Waals surface area contributed by atoms with Crippen molar-refractivity contribution >= 4 is 27.0 Å². The fraction of sp³-hybridized carbons (Fsp3) is 0.545. The predicted molar refractivity (Wildman–Crippen MR) is 67.1 cm³/mol. The van der Waals surface area contributed by atoms with E-state index in [2.05, 4.69) is 20.8 Å². The lowest BCUT2D eigenvalue weighted by Crippen LogP contribution is -2.13. The molecule has 1 heterocycles. The second-order valence-corrected chi connectivity index (χ2v) is 8.13. The summed E-state index contributed by atoms with van der Waals surface area (Å²) in [5.74, 6) is -0.722. The van der Waals surface area contributed by atoms with Crippen molar-refractivity contribution in [3.8, 4) is 0 Å². The van der Waals surface area contributed by atoms with Crippen LogP contribution in [0.5, 0.6) is 0 Å². The van der Waals surface area contributed by atoms with E-state index >= 15 is 0 Å². The van der Waals surface area contributed by atoms with Crippen molar-refractivity contribution in [1.29, 1.82) is 0 Å². The molecular formula is C11H16O3S2. The van der Waals surface area contributed by atoms with Crippen molar-refractivity contribution in [3.63, 3.8) is 0 Å². The maximum absolute atomic E-state index is 11.6. The maximum Gasteiger partial charge on any atom is 0.187 e. The van der Waals surface area contributed by atoms with Crippen LogP contribution in [0, 0.1) is 0 Å². The third-order valence-electron chi connectivity index (χ3n) is 2.01. The van der Waals surface area contributed by atoms with Crippen LogP contribution in [-0.2, 0) is 15.3 Å². The summed E-state index contributed by atoms with van der Waals surface area (Å²) in [7, 11) is -3.24. The number of rotatable bonds is 3. The minimum absolute atomic E-state index is 0.00567. The van der Waals surface area contributed by atoms with Gasteiger partial charge in [-0.15, -0.1) is 11.3 Å². The van der Waals surface area contributed by atoms with Gasteiger partial charge < -0.3 is 0 Å². The lowest BCUT2D eigenvalue weighted by molar-refractivity contribution is 0.102. The van der Waals surface area contributed by atoms with Gasteiger partial charge in [0.1, 0.15) is 5.75 Å². The Morgan fingerprint density at radius 3 is 2.25 bits per heavy atom. The smallest absolute Gasteiger partial charge is 0.187 e. The Bertz CT molecular complexity index is 490. The molecule has 3 nitrogen and oxygen atoms in total. The largest absolute Gasteiger partial charge is 0.292 e. The Kier molecular flexibility index (Phi) is 3.59. The first-order valence-electron chi connectivity index (χ1n) is 4.91. The van der Waals surface area contributed by atoms with E-state index in [1.165, 1.54) is 11.3 Å². The van der Waals surface area contributed by atoms with Crippen molar-refractivity contribution in [3.05, 3.63) is 21.9 Å². The molecule has 0 spiro atoms. The number of carbonyl (C=O) groups excluding carboxylic acids is 1. The molecule has 1 aromatic rings. The lowest BCUT2D eigenvalue weighted by atomic mass is 9.95. The van der Waals surface area contributed by atoms with Gasteiger partial charge in [-0.05, 0) is 17.5 Å². The Balaban J connectivity index is 2.91. The molecule has 0 saturated carbocycles. The molecule has 0 fully saturated rings. The fourth-order valence-electron chi connectivity index (χ4n) is 1.20. The highest BCUT2D eigenvalue weighted by Crippen LogP contribution is 2.29. The third-order valence-corrected chi connectivity index (χ3v) is 4.35. The molecule has 0 aliphatic rings. The van der Waals surface area contributed by atoms with E-state index in [9.17, 15) is 13.2 Å². The quantitative estimate of drug-likeness (QED) is 0.783. The maximum atomic E-state index is 11.6. The van der Waals surface area contributed by atoms with E-state index in [1.807, 2.05) is 6.07 Å². The zero-order chi connectivity index (χ0) is 12.6. The molecule has 0 atom stereocenters. The van der Waals surface area contributed by atoms with Gasteiger partial charge in [-0.2, -0.15) is 0 Å². The summed E-state index contributed by atoms with van der Waals surface area (Å²) >= 11 is 1.37. The third kappa shape index (κ3) is 3.72. The molecule has 0 aliphatic carbocycles. The molecule has 0 N–H and O–H groups in total. The first-order chi connectivity index (χ1) is 7.09. The summed E-state index contributed by atoms with van der Waals surface area (Å²) in [6.07, 6.45) is 1.07. The van der Waals surface area contributed by atoms with E-state index in [0.717, 1.165) is 11.1 Å². The molecular weight excluding hydrogens is 244 g/mol. The number of carbonyl (C=O) groups is 1. The Labute approximate surface area is 100 Å². The zero-order valence-electron chi connectivity index (χ0n) is 9.90. The lowest BCUT2D eigenvalue weighted by Gasteiger charge is -2.15. The van der Waals surface area contributed by atoms with E-state index in [1.54, 1.807) is 6.07 Å². The van der Waals surface area contributed by atoms with Crippen molar-refractivity contribution in [2.75, 3.05) is 12.0 Å². The van der Waals surface area contributed by atoms with E-state index in [-0.39, 0.29) is 11.2 Å². The molecule has 5 heteroatoms. The van der Waals surface area contributed by atoms with E-state index in [0.29, 0.717) is 4.88 Å². The van der Waals surface area contributed by atoms with Crippen LogP contribution in [0.15, 0.2) is 12.1 Å². The molecule has 0 aliphatic heterocycles. The molecule has 0 unspecified atom stereocenters. The minimum Gasteiger partial charge on any atom is -0.292 e. The predicted octanol–water partition coefficient (Wildman–Crippen LogP) is 2.27. The molecule has 0 amide bonds. The monoisotopic (exact) mass is 260 g/mol. The van der Waals surface area contributed by atoms with Crippen molar-refractivity contribution in [2.24, 2.45) is 0 Å². The van der Waals surface area contributed by atoms with Crippen LogP contribution in [0.2, 0.25) is 0 Å². The molecule has 1 rings (SSSR count). The van der Waals surface area contributed by atoms with Crippen LogP contribution >= 0.6 is 11.3 Å². The average Bonchev–Trinajstić information content (AvgIpc) is 2.46. The molecule has 1 aromatic heterocycles. The van der Waals surface area contributed by atoms with Gasteiger partial charge in [-0.3, -0.25) is 4.79 Å². The number of thiophene rings is 1. The second kappa shape index (κ2) is 4.30. The molecule has 0 bridgehead atoms. The van der Waals surface area contributed by atoms with Gasteiger partial charge in [0.15, 0.2) is 15.6 Å².